The molecule has 1 heterocycles. The van der Waals surface area contributed by atoms with Crippen molar-refractivity contribution >= 4 is 26.1 Å². The van der Waals surface area contributed by atoms with Crippen LogP contribution in [0.5, 0.6) is 0 Å². The first kappa shape index (κ1) is 10.4. The lowest BCUT2D eigenvalue weighted by Crippen LogP contribution is -1.95. The van der Waals surface area contributed by atoms with Crippen LogP contribution < -0.4 is 0 Å². The molecular formula is C11H11NOS2. The molecule has 0 amide bonds. The number of nitrogens with zero attached hydrogens (tertiary/aromatic N) is 1. The summed E-state index contributed by atoms with van der Waals surface area (Å²) < 4.78 is 16.6. The Morgan fingerprint density at radius 1 is 1.13 bits per heavy atom. The van der Waals surface area contributed by atoms with Crippen molar-refractivity contribution in [3.05, 3.63) is 47.8 Å². The predicted octanol–water partition coefficient (Wildman–Crippen LogP) is 3.54. The van der Waals surface area contributed by atoms with Crippen molar-refractivity contribution in [2.45, 2.75) is 4.90 Å². The van der Waals surface area contributed by atoms with Crippen molar-refractivity contribution in [3.8, 4) is 0 Å². The maximum absolute atomic E-state index is 12.3. The average molecular weight is 237 g/mol. The SMILES string of the molecule is C[S@](=O)(=Nc1cccs1)c1ccccc1. The standard InChI is InChI=1S/C11H11NOS2/c1-15(13,10-6-3-2-4-7-10)12-11-8-5-9-14-11/h2-9H,1H3/t15-/m1/s1. The molecule has 2 rings (SSSR count). The third-order valence-corrected chi connectivity index (χ3v) is 4.52. The van der Waals surface area contributed by atoms with E-state index in [2.05, 4.69) is 4.36 Å². The van der Waals surface area contributed by atoms with Gasteiger partial charge in [-0.1, -0.05) is 18.2 Å². The summed E-state index contributed by atoms with van der Waals surface area (Å²) >= 11 is 1.50. The lowest BCUT2D eigenvalue weighted by atomic mass is 10.4. The number of hydrogen-bond acceptors (Lipinski definition) is 3. The van der Waals surface area contributed by atoms with Crippen molar-refractivity contribution in [1.82, 2.24) is 0 Å². The number of thiophene rings is 1. The van der Waals surface area contributed by atoms with Crippen LogP contribution in [0, 0.1) is 0 Å². The van der Waals surface area contributed by atoms with Crippen LogP contribution in [-0.4, -0.2) is 10.5 Å². The van der Waals surface area contributed by atoms with Gasteiger partial charge in [-0.2, -0.15) is 4.36 Å². The fourth-order valence-corrected chi connectivity index (χ4v) is 3.44. The number of hydrogen-bond donors (Lipinski definition) is 0. The van der Waals surface area contributed by atoms with Gasteiger partial charge in [-0.3, -0.25) is 0 Å². The van der Waals surface area contributed by atoms with E-state index in [0.717, 1.165) is 9.90 Å². The van der Waals surface area contributed by atoms with Crippen LogP contribution in [0.3, 0.4) is 0 Å². The molecule has 0 aliphatic carbocycles. The second kappa shape index (κ2) is 4.16. The molecule has 78 valence electrons. The molecule has 0 aliphatic rings. The van der Waals surface area contributed by atoms with Crippen molar-refractivity contribution in [1.29, 1.82) is 0 Å². The highest BCUT2D eigenvalue weighted by Gasteiger charge is 2.05. The van der Waals surface area contributed by atoms with Crippen molar-refractivity contribution in [2.24, 2.45) is 4.36 Å². The minimum Gasteiger partial charge on any atom is -0.245 e. The molecule has 1 atom stereocenters. The van der Waals surface area contributed by atoms with Crippen LogP contribution >= 0.6 is 11.3 Å². The molecule has 0 unspecified atom stereocenters. The molecule has 0 bridgehead atoms. The van der Waals surface area contributed by atoms with Crippen LogP contribution in [0.4, 0.5) is 5.00 Å². The van der Waals surface area contributed by atoms with Gasteiger partial charge in [0.25, 0.3) is 0 Å². The van der Waals surface area contributed by atoms with Gasteiger partial charge in [0.15, 0.2) is 0 Å². The van der Waals surface area contributed by atoms with Gasteiger partial charge in [0.1, 0.15) is 5.00 Å². The first-order chi connectivity index (χ1) is 7.18. The predicted molar refractivity (Wildman–Crippen MR) is 65.2 cm³/mol. The molecule has 1 aromatic carbocycles. The Labute approximate surface area is 93.8 Å². The highest BCUT2D eigenvalue weighted by atomic mass is 32.2. The van der Waals surface area contributed by atoms with Crippen LogP contribution in [0.25, 0.3) is 0 Å². The molecule has 0 saturated carbocycles. The normalized spacial score (nSPS) is 14.5. The molecule has 0 spiro atoms. The largest absolute Gasteiger partial charge is 0.245 e. The van der Waals surface area contributed by atoms with E-state index in [1.54, 1.807) is 6.26 Å². The highest BCUT2D eigenvalue weighted by molar-refractivity contribution is 7.93. The van der Waals surface area contributed by atoms with E-state index in [1.165, 1.54) is 11.3 Å². The lowest BCUT2D eigenvalue weighted by molar-refractivity contribution is 0.681. The van der Waals surface area contributed by atoms with Gasteiger partial charge in [-0.25, -0.2) is 4.21 Å². The van der Waals surface area contributed by atoms with Gasteiger partial charge in [0, 0.05) is 11.2 Å². The Hall–Kier alpha value is -1.13. The average Bonchev–Trinajstić information content (AvgIpc) is 2.71. The fourth-order valence-electron chi connectivity index (χ4n) is 1.22. The summed E-state index contributed by atoms with van der Waals surface area (Å²) in [4.78, 5) is 0.776. The zero-order chi connectivity index (χ0) is 10.7. The van der Waals surface area contributed by atoms with E-state index in [1.807, 2.05) is 47.8 Å². The summed E-state index contributed by atoms with van der Waals surface area (Å²) in [7, 11) is -2.30. The van der Waals surface area contributed by atoms with E-state index in [0.29, 0.717) is 0 Å². The summed E-state index contributed by atoms with van der Waals surface area (Å²) in [5, 5.41) is 2.74. The Bertz CT molecular complexity index is 537. The van der Waals surface area contributed by atoms with Gasteiger partial charge >= 0.3 is 0 Å². The van der Waals surface area contributed by atoms with Crippen molar-refractivity contribution in [3.63, 3.8) is 0 Å². The molecule has 0 aliphatic heterocycles. The summed E-state index contributed by atoms with van der Waals surface area (Å²) in [5.74, 6) is 0. The molecule has 4 heteroatoms. The Balaban J connectivity index is 2.49. The van der Waals surface area contributed by atoms with Gasteiger partial charge in [0.05, 0.1) is 9.73 Å². The molecule has 2 aromatic rings. The maximum atomic E-state index is 12.3. The monoisotopic (exact) mass is 237 g/mol. The van der Waals surface area contributed by atoms with Gasteiger partial charge in [-0.15, -0.1) is 11.3 Å². The highest BCUT2D eigenvalue weighted by Crippen LogP contribution is 2.23. The van der Waals surface area contributed by atoms with Crippen LogP contribution in [-0.2, 0) is 9.73 Å². The summed E-state index contributed by atoms with van der Waals surface area (Å²) in [6.45, 7) is 0. The first-order valence-corrected chi connectivity index (χ1v) is 7.29. The molecule has 2 nitrogen and oxygen atoms in total. The van der Waals surface area contributed by atoms with E-state index in [-0.39, 0.29) is 0 Å². The zero-order valence-corrected chi connectivity index (χ0v) is 9.92. The minimum absolute atomic E-state index is 0.776. The second-order valence-corrected chi connectivity index (χ2v) is 6.34. The second-order valence-electron chi connectivity index (χ2n) is 3.16. The molecule has 0 radical (unpaired) electrons. The Morgan fingerprint density at radius 2 is 1.87 bits per heavy atom. The molecule has 0 fully saturated rings. The molecule has 0 saturated heterocycles. The topological polar surface area (TPSA) is 29.4 Å². The summed E-state index contributed by atoms with van der Waals surface area (Å²) in [5.41, 5.74) is 0. The van der Waals surface area contributed by atoms with Gasteiger partial charge < -0.3 is 0 Å². The van der Waals surface area contributed by atoms with E-state index >= 15 is 0 Å². The van der Waals surface area contributed by atoms with E-state index in [9.17, 15) is 4.21 Å². The molecule has 15 heavy (non-hydrogen) atoms. The van der Waals surface area contributed by atoms with Gasteiger partial charge in [0.2, 0.25) is 0 Å². The van der Waals surface area contributed by atoms with Crippen LogP contribution in [0.1, 0.15) is 0 Å². The van der Waals surface area contributed by atoms with Crippen LogP contribution in [0.15, 0.2) is 57.1 Å². The smallest absolute Gasteiger partial charge is 0.126 e. The lowest BCUT2D eigenvalue weighted by Gasteiger charge is -2.02. The number of rotatable bonds is 2. The fraction of sp³-hybridized carbons (Fsp3) is 0.0909. The van der Waals surface area contributed by atoms with Gasteiger partial charge in [-0.05, 0) is 29.6 Å². The van der Waals surface area contributed by atoms with Crippen molar-refractivity contribution in [2.75, 3.05) is 6.26 Å². The summed E-state index contributed by atoms with van der Waals surface area (Å²) in [6, 6.07) is 13.1. The Kier molecular flexibility index (Phi) is 2.88. The zero-order valence-electron chi connectivity index (χ0n) is 8.29. The molecule has 0 N–H and O–H groups in total. The summed E-state index contributed by atoms with van der Waals surface area (Å²) in [6.07, 6.45) is 1.67. The Morgan fingerprint density at radius 3 is 2.47 bits per heavy atom. The first-order valence-electron chi connectivity index (χ1n) is 4.49. The van der Waals surface area contributed by atoms with Crippen molar-refractivity contribution < 1.29 is 4.21 Å². The quantitative estimate of drug-likeness (QED) is 0.785. The molecular weight excluding hydrogens is 226 g/mol. The third-order valence-electron chi connectivity index (χ3n) is 1.95. The van der Waals surface area contributed by atoms with E-state index < -0.39 is 9.73 Å². The maximum Gasteiger partial charge on any atom is 0.126 e. The third kappa shape index (κ3) is 2.46. The molecule has 1 aromatic heterocycles. The van der Waals surface area contributed by atoms with E-state index in [4.69, 9.17) is 0 Å². The minimum atomic E-state index is -2.30. The van der Waals surface area contributed by atoms with Crippen LogP contribution in [0.2, 0.25) is 0 Å². The number of benzene rings is 1.